The fraction of sp³-hybridized carbons (Fsp3) is 0.417. The average molecular weight is 545 g/mol. The lowest BCUT2D eigenvalue weighted by Crippen LogP contribution is -2.52. The molecule has 0 saturated heterocycles. The van der Waals surface area contributed by atoms with Crippen LogP contribution < -0.4 is 14.4 Å². The zero-order chi connectivity index (χ0) is 26.2. The number of hydrogen-bond acceptors (Lipinski definition) is 5. The number of ether oxygens (including phenoxy) is 1. The van der Waals surface area contributed by atoms with E-state index in [1.165, 1.54) is 4.90 Å². The molecule has 35 heavy (non-hydrogen) atoms. The maximum absolute atomic E-state index is 13.6. The van der Waals surface area contributed by atoms with Crippen molar-refractivity contribution in [2.75, 3.05) is 30.3 Å². The summed E-state index contributed by atoms with van der Waals surface area (Å²) in [6, 6.07) is 10.5. The van der Waals surface area contributed by atoms with Crippen LogP contribution in [0.15, 0.2) is 42.5 Å². The summed E-state index contributed by atoms with van der Waals surface area (Å²) in [5, 5.41) is 3.52. The van der Waals surface area contributed by atoms with Crippen molar-refractivity contribution in [2.24, 2.45) is 0 Å². The molecule has 2 rings (SSSR count). The number of nitrogens with zero attached hydrogens (tertiary/aromatic N) is 2. The molecule has 2 aromatic rings. The Hall–Kier alpha value is -2.49. The zero-order valence-electron chi connectivity index (χ0n) is 20.3. The molecule has 0 aliphatic rings. The smallest absolute Gasteiger partial charge is 0.244 e. The normalized spacial score (nSPS) is 12.1. The summed E-state index contributed by atoms with van der Waals surface area (Å²) in [5.41, 5.74) is 0.888. The van der Waals surface area contributed by atoms with Crippen molar-refractivity contribution in [3.63, 3.8) is 0 Å². The number of halogens is 2. The Balaban J connectivity index is 2.44. The summed E-state index contributed by atoms with van der Waals surface area (Å²) in [6.45, 7) is 5.78. The maximum Gasteiger partial charge on any atom is 0.244 e. The summed E-state index contributed by atoms with van der Waals surface area (Å²) >= 11 is 12.3. The molecule has 0 heterocycles. The number of hydrogen-bond donors (Lipinski definition) is 1. The van der Waals surface area contributed by atoms with E-state index < -0.39 is 28.5 Å². The van der Waals surface area contributed by atoms with Crippen LogP contribution in [-0.4, -0.2) is 57.1 Å². The summed E-state index contributed by atoms with van der Waals surface area (Å²) < 4.78 is 31.7. The van der Waals surface area contributed by atoms with Gasteiger partial charge in [0, 0.05) is 23.1 Å². The van der Waals surface area contributed by atoms with Gasteiger partial charge < -0.3 is 15.0 Å². The van der Waals surface area contributed by atoms with Crippen LogP contribution in [-0.2, 0) is 26.2 Å². The average Bonchev–Trinajstić information content (AvgIpc) is 2.79. The Labute approximate surface area is 217 Å². The van der Waals surface area contributed by atoms with E-state index in [0.29, 0.717) is 46.6 Å². The molecule has 0 spiro atoms. The first kappa shape index (κ1) is 28.7. The van der Waals surface area contributed by atoms with E-state index in [9.17, 15) is 18.0 Å². The first-order chi connectivity index (χ1) is 16.5. The van der Waals surface area contributed by atoms with Crippen LogP contribution in [0.25, 0.3) is 0 Å². The highest BCUT2D eigenvalue weighted by molar-refractivity contribution is 7.92. The monoisotopic (exact) mass is 543 g/mol. The van der Waals surface area contributed by atoms with Gasteiger partial charge in [0.15, 0.2) is 0 Å². The molecule has 0 aliphatic carbocycles. The molecule has 192 valence electrons. The Morgan fingerprint density at radius 3 is 2.23 bits per heavy atom. The summed E-state index contributed by atoms with van der Waals surface area (Å²) in [4.78, 5) is 27.7. The van der Waals surface area contributed by atoms with Crippen LogP contribution in [0.3, 0.4) is 0 Å². The second-order valence-electron chi connectivity index (χ2n) is 7.77. The van der Waals surface area contributed by atoms with Crippen molar-refractivity contribution >= 4 is 50.7 Å². The number of amides is 2. The standard InChI is InChI=1S/C24H31Cl2N3O5S/c1-5-22(24(31)27-6-2)28(15-17-8-9-18(25)14-21(17)26)23(30)16-29(35(4,32)33)19-10-12-20(13-11-19)34-7-3/h8-14,22H,5-7,15-16H2,1-4H3,(H,27,31)/t22-/m1/s1. The summed E-state index contributed by atoms with van der Waals surface area (Å²) in [7, 11) is -3.82. The van der Waals surface area contributed by atoms with Crippen molar-refractivity contribution in [2.45, 2.75) is 39.8 Å². The minimum absolute atomic E-state index is 0.00531. The first-order valence-electron chi connectivity index (χ1n) is 11.2. The number of rotatable bonds is 12. The van der Waals surface area contributed by atoms with Crippen molar-refractivity contribution in [1.82, 2.24) is 10.2 Å². The maximum atomic E-state index is 13.6. The molecule has 2 aromatic carbocycles. The van der Waals surface area contributed by atoms with E-state index in [1.54, 1.807) is 56.3 Å². The lowest BCUT2D eigenvalue weighted by molar-refractivity contribution is -0.140. The van der Waals surface area contributed by atoms with Crippen molar-refractivity contribution in [3.8, 4) is 5.75 Å². The zero-order valence-corrected chi connectivity index (χ0v) is 22.6. The molecule has 8 nitrogen and oxygen atoms in total. The van der Waals surface area contributed by atoms with E-state index in [0.717, 1.165) is 10.6 Å². The van der Waals surface area contributed by atoms with Gasteiger partial charge in [-0.25, -0.2) is 8.42 Å². The van der Waals surface area contributed by atoms with Gasteiger partial charge in [0.25, 0.3) is 0 Å². The predicted molar refractivity (Wildman–Crippen MR) is 140 cm³/mol. The Kier molecular flexibility index (Phi) is 10.7. The quantitative estimate of drug-likeness (QED) is 0.434. The highest BCUT2D eigenvalue weighted by Crippen LogP contribution is 2.25. The van der Waals surface area contributed by atoms with E-state index >= 15 is 0 Å². The third-order valence-electron chi connectivity index (χ3n) is 5.21. The Bertz CT molecular complexity index is 1130. The van der Waals surface area contributed by atoms with Crippen LogP contribution in [0.1, 0.15) is 32.8 Å². The molecule has 0 unspecified atom stereocenters. The first-order valence-corrected chi connectivity index (χ1v) is 13.8. The molecular weight excluding hydrogens is 513 g/mol. The number of carbonyl (C=O) groups excluding carboxylic acids is 2. The van der Waals surface area contributed by atoms with Crippen LogP contribution in [0.4, 0.5) is 5.69 Å². The van der Waals surface area contributed by atoms with Gasteiger partial charge >= 0.3 is 0 Å². The van der Waals surface area contributed by atoms with Crippen LogP contribution in [0.2, 0.25) is 10.0 Å². The lowest BCUT2D eigenvalue weighted by Gasteiger charge is -2.33. The van der Waals surface area contributed by atoms with Gasteiger partial charge in [-0.05, 0) is 62.2 Å². The van der Waals surface area contributed by atoms with E-state index in [1.807, 2.05) is 6.92 Å². The van der Waals surface area contributed by atoms with Crippen molar-refractivity contribution < 1.29 is 22.7 Å². The van der Waals surface area contributed by atoms with Crippen LogP contribution in [0, 0.1) is 0 Å². The predicted octanol–water partition coefficient (Wildman–Crippen LogP) is 4.10. The van der Waals surface area contributed by atoms with Gasteiger partial charge in [0.2, 0.25) is 21.8 Å². The largest absolute Gasteiger partial charge is 0.494 e. The number of nitrogens with one attached hydrogen (secondary N) is 1. The van der Waals surface area contributed by atoms with E-state index in [-0.39, 0.29) is 12.5 Å². The lowest BCUT2D eigenvalue weighted by atomic mass is 10.1. The molecule has 0 fully saturated rings. The topological polar surface area (TPSA) is 96.0 Å². The van der Waals surface area contributed by atoms with Gasteiger partial charge in [-0.1, -0.05) is 36.2 Å². The molecule has 2 amide bonds. The second kappa shape index (κ2) is 13.0. The number of likely N-dealkylation sites (N-methyl/N-ethyl adjacent to an activating group) is 1. The molecule has 11 heteroatoms. The molecule has 0 radical (unpaired) electrons. The highest BCUT2D eigenvalue weighted by atomic mass is 35.5. The fourth-order valence-electron chi connectivity index (χ4n) is 3.53. The molecule has 0 aromatic heterocycles. The molecular formula is C24H31Cl2N3O5S. The molecule has 1 atom stereocenters. The fourth-order valence-corrected chi connectivity index (χ4v) is 4.85. The Morgan fingerprint density at radius 2 is 1.71 bits per heavy atom. The molecule has 0 saturated carbocycles. The SMILES string of the molecule is CCNC(=O)[C@@H](CC)N(Cc1ccc(Cl)cc1Cl)C(=O)CN(c1ccc(OCC)cc1)S(C)(=O)=O. The molecule has 1 N–H and O–H groups in total. The van der Waals surface area contributed by atoms with E-state index in [4.69, 9.17) is 27.9 Å². The van der Waals surface area contributed by atoms with E-state index in [2.05, 4.69) is 5.32 Å². The third-order valence-corrected chi connectivity index (χ3v) is 6.94. The van der Waals surface area contributed by atoms with Crippen LogP contribution in [0.5, 0.6) is 5.75 Å². The minimum atomic E-state index is -3.82. The van der Waals surface area contributed by atoms with Crippen LogP contribution >= 0.6 is 23.2 Å². The number of benzene rings is 2. The molecule has 0 aliphatic heterocycles. The number of sulfonamides is 1. The number of carbonyl (C=O) groups is 2. The van der Waals surface area contributed by atoms with Gasteiger partial charge in [-0.15, -0.1) is 0 Å². The van der Waals surface area contributed by atoms with Gasteiger partial charge in [0.1, 0.15) is 18.3 Å². The van der Waals surface area contributed by atoms with Gasteiger partial charge in [-0.2, -0.15) is 0 Å². The van der Waals surface area contributed by atoms with Crippen molar-refractivity contribution in [3.05, 3.63) is 58.1 Å². The van der Waals surface area contributed by atoms with Crippen molar-refractivity contribution in [1.29, 1.82) is 0 Å². The highest BCUT2D eigenvalue weighted by Gasteiger charge is 2.32. The summed E-state index contributed by atoms with van der Waals surface area (Å²) in [6.07, 6.45) is 1.35. The number of anilines is 1. The molecule has 0 bridgehead atoms. The van der Waals surface area contributed by atoms with Gasteiger partial charge in [-0.3, -0.25) is 13.9 Å². The Morgan fingerprint density at radius 1 is 1.06 bits per heavy atom. The third kappa shape index (κ3) is 8.02. The summed E-state index contributed by atoms with van der Waals surface area (Å²) in [5.74, 6) is -0.300. The minimum Gasteiger partial charge on any atom is -0.494 e. The second-order valence-corrected chi connectivity index (χ2v) is 10.5. The van der Waals surface area contributed by atoms with Gasteiger partial charge in [0.05, 0.1) is 18.6 Å².